The number of nitrogens with one attached hydrogen (secondary N) is 1. The standard InChI is InChI=1S/C19H16BrN5OS/c1-2-4-16-23-25-17(21)15(18(26)22-19(25)27-16)11-14-5-3-10-24(14)13-8-6-12(20)7-9-13/h3,5-11,21H,2,4H2,1H3/b15-11-,21-17?. The van der Waals surface area contributed by atoms with E-state index in [1.165, 1.54) is 16.8 Å². The van der Waals surface area contributed by atoms with Crippen LogP contribution < -0.4 is 0 Å². The van der Waals surface area contributed by atoms with Gasteiger partial charge >= 0.3 is 0 Å². The zero-order chi connectivity index (χ0) is 19.0. The number of amides is 1. The maximum atomic E-state index is 12.5. The number of fused-ring (bicyclic) bond motifs is 1. The number of halogens is 1. The number of hydrogen-bond acceptors (Lipinski definition) is 4. The van der Waals surface area contributed by atoms with E-state index in [0.29, 0.717) is 5.17 Å². The molecule has 0 fully saturated rings. The van der Waals surface area contributed by atoms with Crippen LogP contribution in [0.4, 0.5) is 0 Å². The van der Waals surface area contributed by atoms with Gasteiger partial charge in [0.15, 0.2) is 5.84 Å². The summed E-state index contributed by atoms with van der Waals surface area (Å²) < 4.78 is 2.96. The van der Waals surface area contributed by atoms with E-state index >= 15 is 0 Å². The number of aromatic nitrogens is 1. The average molecular weight is 442 g/mol. The Labute approximate surface area is 169 Å². The van der Waals surface area contributed by atoms with Gasteiger partial charge in [-0.3, -0.25) is 10.2 Å². The second-order valence-corrected chi connectivity index (χ2v) is 8.00. The minimum atomic E-state index is -0.407. The van der Waals surface area contributed by atoms with Gasteiger partial charge < -0.3 is 4.57 Å². The van der Waals surface area contributed by atoms with Crippen molar-refractivity contribution in [3.05, 3.63) is 58.3 Å². The first kappa shape index (κ1) is 17.9. The minimum absolute atomic E-state index is 0.0622. The van der Waals surface area contributed by atoms with E-state index in [1.807, 2.05) is 47.2 Å². The Hall–Kier alpha value is -2.45. The molecule has 136 valence electrons. The Morgan fingerprint density at radius 3 is 2.78 bits per heavy atom. The Bertz CT molecular complexity index is 1020. The monoisotopic (exact) mass is 441 g/mol. The third-order valence-electron chi connectivity index (χ3n) is 4.14. The molecule has 0 atom stereocenters. The zero-order valence-corrected chi connectivity index (χ0v) is 16.9. The summed E-state index contributed by atoms with van der Waals surface area (Å²) >= 11 is 4.80. The molecule has 0 saturated heterocycles. The van der Waals surface area contributed by atoms with Crippen molar-refractivity contribution in [2.45, 2.75) is 19.8 Å². The van der Waals surface area contributed by atoms with Gasteiger partial charge in [0.2, 0.25) is 5.17 Å². The summed E-state index contributed by atoms with van der Waals surface area (Å²) in [6.45, 7) is 2.07. The van der Waals surface area contributed by atoms with Crippen molar-refractivity contribution in [1.29, 1.82) is 5.41 Å². The lowest BCUT2D eigenvalue weighted by molar-refractivity contribution is -0.114. The third-order valence-corrected chi connectivity index (χ3v) is 5.63. The predicted octanol–water partition coefficient (Wildman–Crippen LogP) is 4.66. The predicted molar refractivity (Wildman–Crippen MR) is 113 cm³/mol. The van der Waals surface area contributed by atoms with E-state index in [-0.39, 0.29) is 11.4 Å². The van der Waals surface area contributed by atoms with E-state index in [2.05, 4.69) is 32.9 Å². The normalized spacial score (nSPS) is 18.0. The molecule has 2 aromatic rings. The van der Waals surface area contributed by atoms with Gasteiger partial charge in [-0.25, -0.2) is 0 Å². The third kappa shape index (κ3) is 3.42. The number of nitrogens with zero attached hydrogens (tertiary/aromatic N) is 4. The van der Waals surface area contributed by atoms with Crippen LogP contribution in [0.5, 0.6) is 0 Å². The van der Waals surface area contributed by atoms with Crippen molar-refractivity contribution in [3.63, 3.8) is 0 Å². The van der Waals surface area contributed by atoms with Crippen LogP contribution in [0.15, 0.2) is 62.7 Å². The summed E-state index contributed by atoms with van der Waals surface area (Å²) in [6.07, 6.45) is 5.39. The van der Waals surface area contributed by atoms with Crippen LogP contribution in [-0.4, -0.2) is 31.5 Å². The Balaban J connectivity index is 1.70. The first-order chi connectivity index (χ1) is 13.1. The van der Waals surface area contributed by atoms with Crippen molar-refractivity contribution in [2.75, 3.05) is 0 Å². The van der Waals surface area contributed by atoms with Crippen molar-refractivity contribution < 1.29 is 4.79 Å². The molecule has 4 rings (SSSR count). The van der Waals surface area contributed by atoms with Crippen LogP contribution in [0.1, 0.15) is 25.5 Å². The van der Waals surface area contributed by atoms with E-state index < -0.39 is 5.91 Å². The van der Waals surface area contributed by atoms with Crippen LogP contribution >= 0.6 is 27.7 Å². The number of hydrogen-bond donors (Lipinski definition) is 1. The lowest BCUT2D eigenvalue weighted by atomic mass is 10.1. The maximum absolute atomic E-state index is 12.5. The lowest BCUT2D eigenvalue weighted by Crippen LogP contribution is -2.35. The zero-order valence-electron chi connectivity index (χ0n) is 14.5. The molecule has 0 bridgehead atoms. The lowest BCUT2D eigenvalue weighted by Gasteiger charge is -2.20. The van der Waals surface area contributed by atoms with E-state index in [4.69, 9.17) is 5.41 Å². The summed E-state index contributed by atoms with van der Waals surface area (Å²) in [5, 5.41) is 15.7. The van der Waals surface area contributed by atoms with Gasteiger partial charge in [0.25, 0.3) is 5.91 Å². The molecule has 2 aliphatic heterocycles. The van der Waals surface area contributed by atoms with Crippen LogP contribution in [0.25, 0.3) is 11.8 Å². The first-order valence-corrected chi connectivity index (χ1v) is 10.1. The fraction of sp³-hybridized carbons (Fsp3) is 0.158. The van der Waals surface area contributed by atoms with Gasteiger partial charge in [0.1, 0.15) is 5.04 Å². The van der Waals surface area contributed by atoms with Gasteiger partial charge in [-0.2, -0.15) is 15.1 Å². The highest BCUT2D eigenvalue weighted by Crippen LogP contribution is 2.30. The molecule has 1 aromatic heterocycles. The maximum Gasteiger partial charge on any atom is 0.283 e. The second kappa shape index (κ2) is 7.28. The van der Waals surface area contributed by atoms with Gasteiger partial charge in [0.05, 0.1) is 5.57 Å². The van der Waals surface area contributed by atoms with Gasteiger partial charge in [-0.15, -0.1) is 0 Å². The highest BCUT2D eigenvalue weighted by molar-refractivity contribution is 9.10. The highest BCUT2D eigenvalue weighted by atomic mass is 79.9. The van der Waals surface area contributed by atoms with E-state index in [9.17, 15) is 4.79 Å². The molecule has 0 aliphatic carbocycles. The molecule has 0 unspecified atom stereocenters. The van der Waals surface area contributed by atoms with E-state index in [0.717, 1.165) is 33.7 Å². The molecule has 0 radical (unpaired) electrons. The Morgan fingerprint density at radius 1 is 1.26 bits per heavy atom. The molecule has 27 heavy (non-hydrogen) atoms. The second-order valence-electron chi connectivity index (χ2n) is 6.04. The average Bonchev–Trinajstić information content (AvgIpc) is 3.26. The SMILES string of the molecule is CCCC1=NN2C(=N)/C(=C/c3cccn3-c3ccc(Br)cc3)C(=O)N=C2S1. The smallest absolute Gasteiger partial charge is 0.283 e. The molecular weight excluding hydrogens is 426 g/mol. The molecule has 1 aromatic carbocycles. The number of hydrazone groups is 1. The first-order valence-electron chi connectivity index (χ1n) is 8.49. The number of carbonyl (C=O) groups is 1. The molecule has 3 heterocycles. The summed E-state index contributed by atoms with van der Waals surface area (Å²) in [4.78, 5) is 16.7. The summed E-state index contributed by atoms with van der Waals surface area (Å²) in [6, 6.07) is 11.7. The summed E-state index contributed by atoms with van der Waals surface area (Å²) in [5.41, 5.74) is 2.00. The van der Waals surface area contributed by atoms with Crippen LogP contribution in [0.2, 0.25) is 0 Å². The van der Waals surface area contributed by atoms with Gasteiger partial charge in [-0.05, 0) is 67.1 Å². The van der Waals surface area contributed by atoms with Crippen LogP contribution in [0.3, 0.4) is 0 Å². The molecular formula is C19H16BrN5OS. The molecule has 0 spiro atoms. The van der Waals surface area contributed by atoms with Crippen LogP contribution in [-0.2, 0) is 4.79 Å². The van der Waals surface area contributed by atoms with Crippen molar-refractivity contribution >= 4 is 55.7 Å². The quantitative estimate of drug-likeness (QED) is 0.700. The molecule has 0 saturated carbocycles. The molecule has 2 aliphatic rings. The number of carbonyl (C=O) groups excluding carboxylic acids is 1. The Morgan fingerprint density at radius 2 is 2.04 bits per heavy atom. The van der Waals surface area contributed by atoms with Gasteiger partial charge in [-0.1, -0.05) is 22.9 Å². The number of aliphatic imine (C=N–C) groups is 1. The van der Waals surface area contributed by atoms with Crippen molar-refractivity contribution in [1.82, 2.24) is 9.58 Å². The Kier molecular flexibility index (Phi) is 4.84. The largest absolute Gasteiger partial charge is 0.317 e. The van der Waals surface area contributed by atoms with Crippen molar-refractivity contribution in [3.8, 4) is 5.69 Å². The fourth-order valence-electron chi connectivity index (χ4n) is 2.84. The van der Waals surface area contributed by atoms with Crippen molar-refractivity contribution in [2.24, 2.45) is 10.1 Å². The number of rotatable bonds is 4. The molecule has 6 nitrogen and oxygen atoms in total. The van der Waals surface area contributed by atoms with E-state index in [1.54, 1.807) is 6.08 Å². The number of thioether (sulfide) groups is 1. The van der Waals surface area contributed by atoms with Crippen LogP contribution in [0, 0.1) is 5.41 Å². The molecule has 1 amide bonds. The minimum Gasteiger partial charge on any atom is -0.317 e. The molecule has 1 N–H and O–H groups in total. The summed E-state index contributed by atoms with van der Waals surface area (Å²) in [7, 11) is 0. The number of benzene rings is 1. The van der Waals surface area contributed by atoms with Gasteiger partial charge in [0, 0.05) is 22.1 Å². The fourth-order valence-corrected chi connectivity index (χ4v) is 4.09. The summed E-state index contributed by atoms with van der Waals surface area (Å²) in [5.74, 6) is -0.345. The molecule has 8 heteroatoms. The topological polar surface area (TPSA) is 73.8 Å². The number of amidine groups is 2. The highest BCUT2D eigenvalue weighted by Gasteiger charge is 2.35.